The second-order valence-electron chi connectivity index (χ2n) is 5.14. The summed E-state index contributed by atoms with van der Waals surface area (Å²) >= 11 is -2.55. The lowest BCUT2D eigenvalue weighted by Gasteiger charge is -2.09. The average molecular weight is 320 g/mol. The minimum atomic E-state index is -2.55. The third-order valence-electron chi connectivity index (χ3n) is 3.60. The molecule has 1 heterocycles. The lowest BCUT2D eigenvalue weighted by atomic mass is 9.96. The predicted octanol–water partition coefficient (Wildman–Crippen LogP) is 2.14. The maximum absolute atomic E-state index is 12.7. The van der Waals surface area contributed by atoms with Gasteiger partial charge in [0.2, 0.25) is 0 Å². The van der Waals surface area contributed by atoms with E-state index in [1.807, 2.05) is 0 Å². The van der Waals surface area contributed by atoms with Gasteiger partial charge in [-0.25, -0.2) is 4.21 Å². The topological polar surface area (TPSA) is 92.5 Å². The van der Waals surface area contributed by atoms with Crippen molar-refractivity contribution in [3.05, 3.63) is 52.9 Å². The maximum atomic E-state index is 12.7. The summed E-state index contributed by atoms with van der Waals surface area (Å²) < 4.78 is 30.5. The Bertz CT molecular complexity index is 707. The Labute approximate surface area is 129 Å². The largest absolute Gasteiger partial charge is 0.750 e. The van der Waals surface area contributed by atoms with Gasteiger partial charge in [-0.2, -0.15) is 0 Å². The Morgan fingerprint density at radius 3 is 2.86 bits per heavy atom. The summed E-state index contributed by atoms with van der Waals surface area (Å²) in [5, 5.41) is 3.74. The first-order chi connectivity index (χ1) is 10.7. The Morgan fingerprint density at radius 1 is 1.36 bits per heavy atom. The second kappa shape index (κ2) is 6.51. The molecule has 0 radical (unpaired) electrons. The number of hydrogen-bond donors (Lipinski definition) is 0. The minimum absolute atomic E-state index is 0.000473. The third-order valence-corrected chi connectivity index (χ3v) is 3.96. The molecule has 2 aromatic rings. The van der Waals surface area contributed by atoms with Gasteiger partial charge in [-0.05, 0) is 24.8 Å². The Hall–Kier alpha value is -1.83. The molecule has 6 nitrogen and oxygen atoms in total. The molecule has 1 aliphatic carbocycles. The van der Waals surface area contributed by atoms with E-state index in [0.717, 1.165) is 18.4 Å². The maximum Gasteiger partial charge on any atom is 0.198 e. The molecule has 22 heavy (non-hydrogen) atoms. The second-order valence-corrected chi connectivity index (χ2v) is 5.78. The van der Waals surface area contributed by atoms with E-state index in [9.17, 15) is 13.6 Å². The van der Waals surface area contributed by atoms with E-state index in [1.54, 1.807) is 24.3 Å². The SMILES string of the molecule is O=C(c1ccccc1CCOS(=O)[O-])c1cnoc1C1CC1. The van der Waals surface area contributed by atoms with Crippen LogP contribution in [-0.2, 0) is 22.0 Å². The number of ketones is 1. The predicted molar refractivity (Wildman–Crippen MR) is 76.9 cm³/mol. The highest BCUT2D eigenvalue weighted by molar-refractivity contribution is 7.74. The smallest absolute Gasteiger partial charge is 0.198 e. The molecule has 116 valence electrons. The molecule has 0 amide bonds. The Balaban J connectivity index is 1.82. The molecule has 0 spiro atoms. The van der Waals surface area contributed by atoms with Crippen molar-refractivity contribution in [2.24, 2.45) is 0 Å². The quantitative estimate of drug-likeness (QED) is 0.573. The third kappa shape index (κ3) is 3.32. The van der Waals surface area contributed by atoms with Crippen molar-refractivity contribution in [3.63, 3.8) is 0 Å². The molecular formula is C15H14NO5S-. The molecule has 1 aromatic heterocycles. The molecule has 0 saturated heterocycles. The van der Waals surface area contributed by atoms with Crippen LogP contribution in [0, 0.1) is 0 Å². The number of rotatable bonds is 7. The zero-order valence-electron chi connectivity index (χ0n) is 11.7. The zero-order chi connectivity index (χ0) is 15.5. The number of nitrogens with zero attached hydrogens (tertiary/aromatic N) is 1. The van der Waals surface area contributed by atoms with E-state index in [0.29, 0.717) is 29.2 Å². The summed E-state index contributed by atoms with van der Waals surface area (Å²) in [5.74, 6) is 0.790. The summed E-state index contributed by atoms with van der Waals surface area (Å²) in [6.45, 7) is -0.000473. The van der Waals surface area contributed by atoms with Gasteiger partial charge in [-0.3, -0.25) is 4.79 Å². The number of benzene rings is 1. The van der Waals surface area contributed by atoms with E-state index in [1.165, 1.54) is 6.20 Å². The molecule has 0 N–H and O–H groups in total. The van der Waals surface area contributed by atoms with Crippen LogP contribution in [0.1, 0.15) is 46.0 Å². The standard InChI is InChI=1S/C15H15NO5S/c17-14(13-9-16-21-15(13)11-5-6-11)12-4-2-1-3-10(12)7-8-20-22(18)19/h1-4,9,11H,5-8H2,(H,18,19)/p-1. The number of hydrogen-bond acceptors (Lipinski definition) is 6. The fourth-order valence-electron chi connectivity index (χ4n) is 2.38. The minimum Gasteiger partial charge on any atom is -0.750 e. The summed E-state index contributed by atoms with van der Waals surface area (Å²) in [6.07, 6.45) is 3.82. The normalized spacial score (nSPS) is 15.7. The molecule has 1 aromatic carbocycles. The van der Waals surface area contributed by atoms with Crippen LogP contribution in [0.3, 0.4) is 0 Å². The highest BCUT2D eigenvalue weighted by Crippen LogP contribution is 2.42. The van der Waals surface area contributed by atoms with Gasteiger partial charge >= 0.3 is 0 Å². The average Bonchev–Trinajstić information content (AvgIpc) is 3.24. The van der Waals surface area contributed by atoms with E-state index in [4.69, 9.17) is 4.52 Å². The van der Waals surface area contributed by atoms with Crippen LogP contribution in [0.2, 0.25) is 0 Å². The van der Waals surface area contributed by atoms with E-state index in [2.05, 4.69) is 9.34 Å². The summed E-state index contributed by atoms with van der Waals surface area (Å²) in [7, 11) is 0. The van der Waals surface area contributed by atoms with E-state index >= 15 is 0 Å². The van der Waals surface area contributed by atoms with E-state index in [-0.39, 0.29) is 12.4 Å². The van der Waals surface area contributed by atoms with Crippen LogP contribution < -0.4 is 0 Å². The molecule has 0 bridgehead atoms. The van der Waals surface area contributed by atoms with Crippen molar-refractivity contribution in [1.29, 1.82) is 0 Å². The summed E-state index contributed by atoms with van der Waals surface area (Å²) in [4.78, 5) is 12.7. The van der Waals surface area contributed by atoms with Crippen molar-refractivity contribution < 1.29 is 22.3 Å². The molecule has 1 aliphatic rings. The zero-order valence-corrected chi connectivity index (χ0v) is 12.5. The number of carbonyl (C=O) groups is 1. The number of carbonyl (C=O) groups excluding carboxylic acids is 1. The van der Waals surface area contributed by atoms with Gasteiger partial charge in [-0.15, -0.1) is 0 Å². The highest BCUT2D eigenvalue weighted by Gasteiger charge is 2.33. The molecule has 1 atom stereocenters. The van der Waals surface area contributed by atoms with Gasteiger partial charge in [0.15, 0.2) is 11.5 Å². The van der Waals surface area contributed by atoms with Crippen molar-refractivity contribution >= 4 is 17.1 Å². The Morgan fingerprint density at radius 2 is 2.14 bits per heavy atom. The highest BCUT2D eigenvalue weighted by atomic mass is 32.2. The van der Waals surface area contributed by atoms with Gasteiger partial charge < -0.3 is 13.3 Å². The first-order valence-corrected chi connectivity index (χ1v) is 7.96. The van der Waals surface area contributed by atoms with Gasteiger partial charge in [0.25, 0.3) is 0 Å². The monoisotopic (exact) mass is 320 g/mol. The first-order valence-electron chi connectivity index (χ1n) is 6.96. The molecule has 1 fully saturated rings. The summed E-state index contributed by atoms with van der Waals surface area (Å²) in [5.41, 5.74) is 1.75. The summed E-state index contributed by atoms with van der Waals surface area (Å²) in [6, 6.07) is 7.08. The van der Waals surface area contributed by atoms with E-state index < -0.39 is 11.4 Å². The van der Waals surface area contributed by atoms with Crippen LogP contribution in [0.25, 0.3) is 0 Å². The molecule has 3 rings (SSSR count). The molecule has 1 unspecified atom stereocenters. The van der Waals surface area contributed by atoms with Crippen molar-refractivity contribution in [2.45, 2.75) is 25.2 Å². The van der Waals surface area contributed by atoms with Crippen LogP contribution in [-0.4, -0.2) is 26.3 Å². The lowest BCUT2D eigenvalue weighted by molar-refractivity contribution is 0.103. The van der Waals surface area contributed by atoms with Crippen molar-refractivity contribution in [1.82, 2.24) is 5.16 Å². The van der Waals surface area contributed by atoms with Gasteiger partial charge in [0.1, 0.15) is 0 Å². The Kier molecular flexibility index (Phi) is 4.47. The fraction of sp³-hybridized carbons (Fsp3) is 0.333. The first kappa shape index (κ1) is 15.1. The van der Waals surface area contributed by atoms with Crippen molar-refractivity contribution in [3.8, 4) is 0 Å². The molecule has 0 aliphatic heterocycles. The number of aromatic nitrogens is 1. The van der Waals surface area contributed by atoms with Gasteiger partial charge in [-0.1, -0.05) is 29.4 Å². The van der Waals surface area contributed by atoms with Crippen LogP contribution in [0.4, 0.5) is 0 Å². The fourth-order valence-corrected chi connectivity index (χ4v) is 2.60. The van der Waals surface area contributed by atoms with Gasteiger partial charge in [0, 0.05) is 11.5 Å². The lowest BCUT2D eigenvalue weighted by Crippen LogP contribution is -2.09. The van der Waals surface area contributed by atoms with Crippen LogP contribution in [0.15, 0.2) is 35.0 Å². The van der Waals surface area contributed by atoms with Gasteiger partial charge in [0.05, 0.1) is 29.7 Å². The van der Waals surface area contributed by atoms with Crippen LogP contribution in [0.5, 0.6) is 0 Å². The molecule has 1 saturated carbocycles. The van der Waals surface area contributed by atoms with Crippen LogP contribution >= 0.6 is 0 Å². The van der Waals surface area contributed by atoms with Crippen molar-refractivity contribution in [2.75, 3.05) is 6.61 Å². The molecule has 7 heteroatoms. The molecular weight excluding hydrogens is 306 g/mol.